The van der Waals surface area contributed by atoms with E-state index in [1.54, 1.807) is 0 Å². The Hall–Kier alpha value is -3.12. The number of benzene rings is 1. The third-order valence-corrected chi connectivity index (χ3v) is 5.05. The molecular formula is C19H22N6O5. The van der Waals surface area contributed by atoms with Gasteiger partial charge < -0.3 is 30.3 Å². The van der Waals surface area contributed by atoms with Gasteiger partial charge in [-0.1, -0.05) is 30.3 Å². The van der Waals surface area contributed by atoms with E-state index in [4.69, 9.17) is 15.2 Å². The van der Waals surface area contributed by atoms with E-state index >= 15 is 0 Å². The largest absolute Gasteiger partial charge is 0.387 e. The Morgan fingerprint density at radius 3 is 2.77 bits per heavy atom. The number of rotatable bonds is 7. The Balaban J connectivity index is 1.59. The number of amides is 1. The molecular weight excluding hydrogens is 392 g/mol. The number of nitrogen functional groups attached to an aromatic ring is 1. The maximum absolute atomic E-state index is 11.4. The summed E-state index contributed by atoms with van der Waals surface area (Å²) >= 11 is 0. The molecule has 5 atom stereocenters. The second kappa shape index (κ2) is 8.32. The van der Waals surface area contributed by atoms with Gasteiger partial charge in [0, 0.05) is 7.05 Å². The molecule has 0 bridgehead atoms. The molecule has 3 heterocycles. The van der Waals surface area contributed by atoms with Gasteiger partial charge in [-0.2, -0.15) is 0 Å². The molecule has 1 aliphatic rings. The quantitative estimate of drug-likeness (QED) is 0.349. The maximum Gasteiger partial charge on any atom is 0.211 e. The number of carbonyl (C=O) groups excluding carboxylic acids is 1. The molecule has 1 fully saturated rings. The Morgan fingerprint density at radius 2 is 2.03 bits per heavy atom. The van der Waals surface area contributed by atoms with Crippen LogP contribution < -0.4 is 5.73 Å². The van der Waals surface area contributed by atoms with E-state index in [0.717, 1.165) is 5.56 Å². The van der Waals surface area contributed by atoms with Gasteiger partial charge in [0.1, 0.15) is 30.2 Å². The van der Waals surface area contributed by atoms with Gasteiger partial charge in [-0.25, -0.2) is 15.0 Å². The number of aliphatic hydroxyl groups is 2. The Bertz CT molecular complexity index is 1020. The van der Waals surface area contributed by atoms with Crippen molar-refractivity contribution < 1.29 is 24.5 Å². The summed E-state index contributed by atoms with van der Waals surface area (Å²) in [5.41, 5.74) is 7.41. The molecule has 1 saturated heterocycles. The van der Waals surface area contributed by atoms with Crippen molar-refractivity contribution in [3.8, 4) is 0 Å². The first-order valence-electron chi connectivity index (χ1n) is 9.28. The summed E-state index contributed by atoms with van der Waals surface area (Å²) < 4.78 is 13.3. The Morgan fingerprint density at radius 1 is 1.27 bits per heavy atom. The summed E-state index contributed by atoms with van der Waals surface area (Å²) in [5.74, 6) is 0.188. The maximum atomic E-state index is 11.4. The molecule has 11 heteroatoms. The van der Waals surface area contributed by atoms with Crippen LogP contribution in [0, 0.1) is 0 Å². The van der Waals surface area contributed by atoms with Gasteiger partial charge in [-0.05, 0) is 5.56 Å². The highest BCUT2D eigenvalue weighted by atomic mass is 16.6. The highest BCUT2D eigenvalue weighted by Crippen LogP contribution is 2.34. The molecule has 1 aromatic carbocycles. The van der Waals surface area contributed by atoms with Crippen LogP contribution in [0.15, 0.2) is 43.0 Å². The fraction of sp³-hybridized carbons (Fsp3) is 0.368. The number of imidazole rings is 1. The standard InChI is InChI=1S/C19H22N6O5/c1-24(10-26)19(29-7-11-5-3-2-4-6-11)15-13(27)14(28)18(30-15)25-9-23-12-16(20)21-8-22-17(12)25/h2-6,8-10,13-15,18-19,27-28H,7H2,1H3,(H2,20,21,22)/t13-,14+,15-,18+,19?/m0/s1. The number of aliphatic hydroxyl groups excluding tert-OH is 2. The zero-order valence-corrected chi connectivity index (χ0v) is 16.1. The third-order valence-electron chi connectivity index (χ3n) is 5.05. The van der Waals surface area contributed by atoms with E-state index in [1.807, 2.05) is 30.3 Å². The molecule has 158 valence electrons. The Kier molecular flexibility index (Phi) is 5.59. The van der Waals surface area contributed by atoms with E-state index in [2.05, 4.69) is 15.0 Å². The molecule has 0 spiro atoms. The molecule has 1 amide bonds. The number of hydrogen-bond acceptors (Lipinski definition) is 9. The number of anilines is 1. The average molecular weight is 414 g/mol. The van der Waals surface area contributed by atoms with Crippen molar-refractivity contribution in [2.45, 2.75) is 37.4 Å². The van der Waals surface area contributed by atoms with Crippen molar-refractivity contribution in [1.82, 2.24) is 24.4 Å². The van der Waals surface area contributed by atoms with Crippen molar-refractivity contribution >= 4 is 23.4 Å². The number of ether oxygens (including phenoxy) is 2. The van der Waals surface area contributed by atoms with E-state index < -0.39 is 30.8 Å². The second-order valence-corrected chi connectivity index (χ2v) is 7.01. The minimum Gasteiger partial charge on any atom is -0.387 e. The minimum atomic E-state index is -1.32. The first-order chi connectivity index (χ1) is 14.5. The molecule has 4 rings (SSSR count). The highest BCUT2D eigenvalue weighted by molar-refractivity contribution is 5.81. The number of hydrogen-bond donors (Lipinski definition) is 3. The summed E-state index contributed by atoms with van der Waals surface area (Å²) in [5, 5.41) is 21.3. The van der Waals surface area contributed by atoms with Gasteiger partial charge in [-0.3, -0.25) is 9.36 Å². The molecule has 1 unspecified atom stereocenters. The zero-order chi connectivity index (χ0) is 21.3. The van der Waals surface area contributed by atoms with Crippen LogP contribution in [0.25, 0.3) is 11.2 Å². The SMILES string of the molecule is CN(C=O)C(OCc1ccccc1)[C@H]1O[C@@H](n2cnc3c(N)ncnc32)[C@H](O)[C@@H]1O. The van der Waals surface area contributed by atoms with Crippen LogP contribution in [0.5, 0.6) is 0 Å². The predicted molar refractivity (Wildman–Crippen MR) is 105 cm³/mol. The molecule has 4 N–H and O–H groups in total. The van der Waals surface area contributed by atoms with Crippen molar-refractivity contribution in [2.24, 2.45) is 0 Å². The first-order valence-corrected chi connectivity index (χ1v) is 9.28. The molecule has 11 nitrogen and oxygen atoms in total. The summed E-state index contributed by atoms with van der Waals surface area (Å²) in [6.07, 6.45) is -2.34. The van der Waals surface area contributed by atoms with E-state index in [-0.39, 0.29) is 12.4 Å². The fourth-order valence-electron chi connectivity index (χ4n) is 3.47. The fourth-order valence-corrected chi connectivity index (χ4v) is 3.47. The third kappa shape index (κ3) is 3.59. The van der Waals surface area contributed by atoms with Crippen LogP contribution in [0.2, 0.25) is 0 Å². The number of carbonyl (C=O) groups is 1. The number of aromatic nitrogens is 4. The predicted octanol–water partition coefficient (Wildman–Crippen LogP) is -0.341. The van der Waals surface area contributed by atoms with Crippen LogP contribution in [0.3, 0.4) is 0 Å². The van der Waals surface area contributed by atoms with Crippen LogP contribution >= 0.6 is 0 Å². The summed E-state index contributed by atoms with van der Waals surface area (Å²) in [6, 6.07) is 9.38. The Labute approximate surface area is 171 Å². The van der Waals surface area contributed by atoms with Crippen molar-refractivity contribution in [2.75, 3.05) is 12.8 Å². The molecule has 0 radical (unpaired) electrons. The van der Waals surface area contributed by atoms with Crippen LogP contribution in [0.1, 0.15) is 11.8 Å². The van der Waals surface area contributed by atoms with Crippen molar-refractivity contribution in [3.05, 3.63) is 48.5 Å². The van der Waals surface area contributed by atoms with Crippen LogP contribution in [-0.2, 0) is 20.9 Å². The second-order valence-electron chi connectivity index (χ2n) is 7.01. The summed E-state index contributed by atoms with van der Waals surface area (Å²) in [6.45, 7) is 0.189. The van der Waals surface area contributed by atoms with Gasteiger partial charge in [0.05, 0.1) is 12.9 Å². The number of nitrogens with zero attached hydrogens (tertiary/aromatic N) is 5. The normalized spacial score (nSPS) is 24.8. The molecule has 0 saturated carbocycles. The minimum absolute atomic E-state index is 0.188. The summed E-state index contributed by atoms with van der Waals surface area (Å²) in [4.78, 5) is 24.9. The topological polar surface area (TPSA) is 149 Å². The smallest absolute Gasteiger partial charge is 0.211 e. The molecule has 1 aliphatic heterocycles. The lowest BCUT2D eigenvalue weighted by Crippen LogP contribution is -2.48. The van der Waals surface area contributed by atoms with E-state index in [9.17, 15) is 15.0 Å². The number of nitrogens with two attached hydrogens (primary N) is 1. The molecule has 2 aromatic heterocycles. The molecule has 0 aliphatic carbocycles. The van der Waals surface area contributed by atoms with E-state index in [0.29, 0.717) is 17.6 Å². The lowest BCUT2D eigenvalue weighted by molar-refractivity contribution is -0.169. The average Bonchev–Trinajstić information content (AvgIpc) is 3.32. The van der Waals surface area contributed by atoms with Gasteiger partial charge in [0.15, 0.2) is 23.9 Å². The lowest BCUT2D eigenvalue weighted by atomic mass is 10.1. The van der Waals surface area contributed by atoms with Gasteiger partial charge in [0.25, 0.3) is 0 Å². The van der Waals surface area contributed by atoms with Gasteiger partial charge >= 0.3 is 0 Å². The molecule has 30 heavy (non-hydrogen) atoms. The first kappa shape index (κ1) is 20.2. The van der Waals surface area contributed by atoms with Crippen LogP contribution in [-0.4, -0.2) is 72.6 Å². The van der Waals surface area contributed by atoms with Crippen molar-refractivity contribution in [1.29, 1.82) is 0 Å². The zero-order valence-electron chi connectivity index (χ0n) is 16.1. The van der Waals surface area contributed by atoms with Gasteiger partial charge in [0.2, 0.25) is 6.41 Å². The van der Waals surface area contributed by atoms with Gasteiger partial charge in [-0.15, -0.1) is 0 Å². The highest BCUT2D eigenvalue weighted by Gasteiger charge is 2.49. The lowest BCUT2D eigenvalue weighted by Gasteiger charge is -2.31. The monoisotopic (exact) mass is 414 g/mol. The van der Waals surface area contributed by atoms with Crippen LogP contribution in [0.4, 0.5) is 5.82 Å². The number of likely N-dealkylation sites (N-methyl/N-ethyl adjacent to an activating group) is 1. The summed E-state index contributed by atoms with van der Waals surface area (Å²) in [7, 11) is 1.51. The van der Waals surface area contributed by atoms with Crippen molar-refractivity contribution in [3.63, 3.8) is 0 Å². The molecule has 3 aromatic rings. The number of fused-ring (bicyclic) bond motifs is 1. The van der Waals surface area contributed by atoms with E-state index in [1.165, 1.54) is 29.2 Å².